The Labute approximate surface area is 105 Å². The largest absolute Gasteiger partial charge is 0.441 e. The smallest absolute Gasteiger partial charge is 0.194 e. The van der Waals surface area contributed by atoms with E-state index in [9.17, 15) is 0 Å². The molecule has 0 saturated heterocycles. The van der Waals surface area contributed by atoms with Gasteiger partial charge in [0.2, 0.25) is 0 Å². The number of nitrogens with one attached hydrogen (secondary N) is 1. The number of hydrogen-bond donors (Lipinski definition) is 1. The highest BCUT2D eigenvalue weighted by Crippen LogP contribution is 2.27. The van der Waals surface area contributed by atoms with Gasteiger partial charge < -0.3 is 14.2 Å². The predicted molar refractivity (Wildman–Crippen MR) is 65.8 cm³/mol. The quantitative estimate of drug-likeness (QED) is 0.889. The van der Waals surface area contributed by atoms with Crippen LogP contribution in [0.4, 0.5) is 0 Å². The number of halogens is 1. The highest BCUT2D eigenvalue weighted by molar-refractivity contribution is 6.28. The van der Waals surface area contributed by atoms with Gasteiger partial charge in [0.05, 0.1) is 0 Å². The molecule has 1 N–H and O–H groups in total. The maximum atomic E-state index is 5.73. The van der Waals surface area contributed by atoms with Crippen molar-refractivity contribution in [3.63, 3.8) is 0 Å². The van der Waals surface area contributed by atoms with Gasteiger partial charge >= 0.3 is 0 Å². The lowest BCUT2D eigenvalue weighted by Gasteiger charge is -2.05. The highest BCUT2D eigenvalue weighted by atomic mass is 35.5. The van der Waals surface area contributed by atoms with Crippen LogP contribution in [0.15, 0.2) is 27.4 Å². The fraction of sp³-hybridized carbons (Fsp3) is 0.417. The minimum Gasteiger partial charge on any atom is -0.441 e. The van der Waals surface area contributed by atoms with E-state index in [1.807, 2.05) is 0 Å². The third-order valence-electron chi connectivity index (χ3n) is 2.28. The lowest BCUT2D eigenvalue weighted by Crippen LogP contribution is -2.19. The fourth-order valence-corrected chi connectivity index (χ4v) is 1.66. The second-order valence-corrected chi connectivity index (χ2v) is 4.63. The monoisotopic (exact) mass is 254 g/mol. The summed E-state index contributed by atoms with van der Waals surface area (Å²) in [5, 5.41) is 3.65. The Balaban J connectivity index is 2.07. The summed E-state index contributed by atoms with van der Waals surface area (Å²) in [6, 6.07) is 3.46. The van der Waals surface area contributed by atoms with Crippen LogP contribution in [0.3, 0.4) is 0 Å². The third kappa shape index (κ3) is 3.11. The first-order valence-corrected chi connectivity index (χ1v) is 5.93. The zero-order valence-corrected chi connectivity index (χ0v) is 10.6. The number of aromatic nitrogens is 1. The number of rotatable bonds is 5. The SMILES string of the molecule is CC(C)CNCc1ncoc1-c1ccc(Cl)o1. The summed E-state index contributed by atoms with van der Waals surface area (Å²) in [5.74, 6) is 1.84. The average molecular weight is 255 g/mol. The topological polar surface area (TPSA) is 51.2 Å². The molecule has 0 aromatic carbocycles. The molecular weight excluding hydrogens is 240 g/mol. The Morgan fingerprint density at radius 3 is 2.88 bits per heavy atom. The van der Waals surface area contributed by atoms with Crippen LogP contribution in [0.1, 0.15) is 19.5 Å². The van der Waals surface area contributed by atoms with Gasteiger partial charge in [-0.25, -0.2) is 4.98 Å². The van der Waals surface area contributed by atoms with Gasteiger partial charge in [-0.3, -0.25) is 0 Å². The summed E-state index contributed by atoms with van der Waals surface area (Å²) in [6.07, 6.45) is 1.41. The molecule has 2 aromatic rings. The third-order valence-corrected chi connectivity index (χ3v) is 2.49. The Kier molecular flexibility index (Phi) is 3.86. The van der Waals surface area contributed by atoms with Gasteiger partial charge in [0.25, 0.3) is 0 Å². The van der Waals surface area contributed by atoms with Gasteiger partial charge in [0.15, 0.2) is 23.1 Å². The van der Waals surface area contributed by atoms with Crippen molar-refractivity contribution in [2.45, 2.75) is 20.4 Å². The summed E-state index contributed by atoms with van der Waals surface area (Å²) in [5.41, 5.74) is 0.830. The normalized spacial score (nSPS) is 11.3. The van der Waals surface area contributed by atoms with Gasteiger partial charge in [-0.2, -0.15) is 0 Å². The molecule has 0 amide bonds. The Bertz CT molecular complexity index is 476. The summed E-state index contributed by atoms with van der Waals surface area (Å²) >= 11 is 5.73. The van der Waals surface area contributed by atoms with Crippen molar-refractivity contribution in [1.82, 2.24) is 10.3 Å². The Hall–Kier alpha value is -1.26. The molecule has 17 heavy (non-hydrogen) atoms. The average Bonchev–Trinajstić information content (AvgIpc) is 2.86. The molecule has 5 heteroatoms. The standard InChI is InChI=1S/C12H15ClN2O2/c1-8(2)5-14-6-9-12(16-7-15-9)10-3-4-11(13)17-10/h3-4,7-8,14H,5-6H2,1-2H3. The van der Waals surface area contributed by atoms with E-state index in [0.717, 1.165) is 12.2 Å². The molecule has 0 aliphatic rings. The molecule has 0 spiro atoms. The molecule has 2 rings (SSSR count). The minimum atomic E-state index is 0.345. The summed E-state index contributed by atoms with van der Waals surface area (Å²) in [4.78, 5) is 4.17. The van der Waals surface area contributed by atoms with Crippen molar-refractivity contribution in [2.24, 2.45) is 5.92 Å². The number of nitrogens with zero attached hydrogens (tertiary/aromatic N) is 1. The zero-order chi connectivity index (χ0) is 12.3. The molecule has 0 saturated carbocycles. The molecule has 92 valence electrons. The Morgan fingerprint density at radius 2 is 2.24 bits per heavy atom. The van der Waals surface area contributed by atoms with Crippen LogP contribution < -0.4 is 5.32 Å². The summed E-state index contributed by atoms with van der Waals surface area (Å²) in [6.45, 7) is 5.90. The zero-order valence-electron chi connectivity index (χ0n) is 9.87. The van der Waals surface area contributed by atoms with Gasteiger partial charge in [-0.05, 0) is 36.2 Å². The number of furan rings is 1. The van der Waals surface area contributed by atoms with E-state index in [1.165, 1.54) is 6.39 Å². The number of oxazole rings is 1. The van der Waals surface area contributed by atoms with Crippen LogP contribution >= 0.6 is 11.6 Å². The first kappa shape index (κ1) is 12.2. The molecule has 0 bridgehead atoms. The van der Waals surface area contributed by atoms with Crippen LogP contribution in [0, 0.1) is 5.92 Å². The number of hydrogen-bond acceptors (Lipinski definition) is 4. The van der Waals surface area contributed by atoms with E-state index < -0.39 is 0 Å². The van der Waals surface area contributed by atoms with E-state index in [2.05, 4.69) is 24.1 Å². The molecule has 0 atom stereocenters. The molecule has 0 radical (unpaired) electrons. The lowest BCUT2D eigenvalue weighted by atomic mass is 10.2. The van der Waals surface area contributed by atoms with Gasteiger partial charge in [-0.15, -0.1) is 0 Å². The van der Waals surface area contributed by atoms with Gasteiger partial charge in [-0.1, -0.05) is 13.8 Å². The van der Waals surface area contributed by atoms with Crippen LogP contribution in [0.25, 0.3) is 11.5 Å². The molecule has 0 fully saturated rings. The van der Waals surface area contributed by atoms with E-state index >= 15 is 0 Å². The van der Waals surface area contributed by atoms with Crippen LogP contribution in [0.2, 0.25) is 5.22 Å². The van der Waals surface area contributed by atoms with E-state index in [4.69, 9.17) is 20.4 Å². The van der Waals surface area contributed by atoms with Crippen LogP contribution in [0.5, 0.6) is 0 Å². The summed E-state index contributed by atoms with van der Waals surface area (Å²) in [7, 11) is 0. The highest BCUT2D eigenvalue weighted by Gasteiger charge is 2.14. The maximum Gasteiger partial charge on any atom is 0.194 e. The lowest BCUT2D eigenvalue weighted by molar-refractivity contribution is 0.515. The molecule has 0 aliphatic carbocycles. The molecule has 2 aromatic heterocycles. The fourth-order valence-electron chi connectivity index (χ4n) is 1.51. The van der Waals surface area contributed by atoms with Crippen LogP contribution in [-0.4, -0.2) is 11.5 Å². The first-order chi connectivity index (χ1) is 8.16. The van der Waals surface area contributed by atoms with Gasteiger partial charge in [0.1, 0.15) is 5.69 Å². The maximum absolute atomic E-state index is 5.73. The van der Waals surface area contributed by atoms with Crippen molar-refractivity contribution in [3.05, 3.63) is 29.4 Å². The van der Waals surface area contributed by atoms with E-state index in [-0.39, 0.29) is 0 Å². The molecular formula is C12H15ClN2O2. The van der Waals surface area contributed by atoms with Gasteiger partial charge in [0, 0.05) is 6.54 Å². The molecule has 2 heterocycles. The molecule has 0 aliphatic heterocycles. The molecule has 4 nitrogen and oxygen atoms in total. The second kappa shape index (κ2) is 5.38. The minimum absolute atomic E-state index is 0.345. The van der Waals surface area contributed by atoms with Crippen molar-refractivity contribution >= 4 is 11.6 Å². The van der Waals surface area contributed by atoms with E-state index in [0.29, 0.717) is 29.2 Å². The van der Waals surface area contributed by atoms with Crippen molar-refractivity contribution in [1.29, 1.82) is 0 Å². The van der Waals surface area contributed by atoms with Crippen molar-refractivity contribution in [3.8, 4) is 11.5 Å². The predicted octanol–water partition coefficient (Wildman–Crippen LogP) is 3.33. The summed E-state index contributed by atoms with van der Waals surface area (Å²) < 4.78 is 10.6. The first-order valence-electron chi connectivity index (χ1n) is 5.55. The van der Waals surface area contributed by atoms with E-state index in [1.54, 1.807) is 12.1 Å². The molecule has 0 unspecified atom stereocenters. The Morgan fingerprint density at radius 1 is 1.41 bits per heavy atom. The van der Waals surface area contributed by atoms with Crippen LogP contribution in [-0.2, 0) is 6.54 Å². The van der Waals surface area contributed by atoms with Crippen molar-refractivity contribution < 1.29 is 8.83 Å². The van der Waals surface area contributed by atoms with Crippen molar-refractivity contribution in [2.75, 3.05) is 6.54 Å². The second-order valence-electron chi connectivity index (χ2n) is 4.26.